The van der Waals surface area contributed by atoms with Crippen LogP contribution in [-0.4, -0.2) is 53.2 Å². The van der Waals surface area contributed by atoms with Crippen molar-refractivity contribution in [2.24, 2.45) is 0 Å². The normalized spacial score (nSPS) is 15.2. The van der Waals surface area contributed by atoms with Gasteiger partial charge >= 0.3 is 0 Å². The Morgan fingerprint density at radius 1 is 1.22 bits per heavy atom. The average molecular weight is 432 g/mol. The Bertz CT molecular complexity index is 1180. The summed E-state index contributed by atoms with van der Waals surface area (Å²) >= 11 is 0. The Kier molecular flexibility index (Phi) is 7.04. The molecule has 3 rings (SSSR count). The molecule has 1 amide bonds. The lowest BCUT2D eigenvalue weighted by atomic mass is 10.1. The van der Waals surface area contributed by atoms with Crippen LogP contribution in [0.4, 0.5) is 17.2 Å². The number of rotatable bonds is 6. The van der Waals surface area contributed by atoms with Crippen LogP contribution < -0.4 is 26.5 Å². The predicted octanol–water partition coefficient (Wildman–Crippen LogP) is 1.41. The molecule has 1 fully saturated rings. The summed E-state index contributed by atoms with van der Waals surface area (Å²) in [6, 6.07) is 3.72. The summed E-state index contributed by atoms with van der Waals surface area (Å²) in [5.74, 6) is 0.733. The van der Waals surface area contributed by atoms with E-state index in [0.717, 1.165) is 33.3 Å². The summed E-state index contributed by atoms with van der Waals surface area (Å²) in [6.45, 7) is 13.8. The Morgan fingerprint density at radius 3 is 2.56 bits per heavy atom. The first-order valence-corrected chi connectivity index (χ1v) is 10.4. The maximum atomic E-state index is 11.9. The first-order chi connectivity index (χ1) is 15.4. The number of hydrogen-bond acceptors (Lipinski definition) is 7. The molecule has 32 heavy (non-hydrogen) atoms. The maximum absolute atomic E-state index is 11.9. The van der Waals surface area contributed by atoms with Gasteiger partial charge in [0.2, 0.25) is 5.91 Å². The highest BCUT2D eigenvalue weighted by Crippen LogP contribution is 2.25. The molecule has 0 saturated carbocycles. The lowest BCUT2D eigenvalue weighted by Crippen LogP contribution is -2.51. The van der Waals surface area contributed by atoms with Crippen molar-refractivity contribution >= 4 is 41.1 Å². The molecule has 1 aliphatic rings. The van der Waals surface area contributed by atoms with Gasteiger partial charge in [-0.1, -0.05) is 25.3 Å². The molecule has 0 radical (unpaired) electrons. The number of piperazine rings is 1. The lowest BCUT2D eigenvalue weighted by Gasteiger charge is -2.35. The third-order valence-corrected chi connectivity index (χ3v) is 5.51. The van der Waals surface area contributed by atoms with E-state index in [9.17, 15) is 4.79 Å². The number of nitrogens with one attached hydrogen (secondary N) is 2. The number of benzene rings is 1. The molecule has 1 aliphatic heterocycles. The fourth-order valence-electron chi connectivity index (χ4n) is 3.79. The van der Waals surface area contributed by atoms with Gasteiger partial charge in [-0.15, -0.1) is 0 Å². The van der Waals surface area contributed by atoms with E-state index in [1.54, 1.807) is 23.4 Å². The van der Waals surface area contributed by atoms with Gasteiger partial charge in [0.25, 0.3) is 0 Å². The van der Waals surface area contributed by atoms with Gasteiger partial charge in [-0.25, -0.2) is 9.97 Å². The fraction of sp³-hybridized carbons (Fsp3) is 0.250. The van der Waals surface area contributed by atoms with Crippen LogP contribution in [0.5, 0.6) is 0 Å². The fourth-order valence-corrected chi connectivity index (χ4v) is 3.79. The number of nitrogens with two attached hydrogens (primary N) is 1. The van der Waals surface area contributed by atoms with Crippen molar-refractivity contribution in [3.05, 3.63) is 65.5 Å². The summed E-state index contributed by atoms with van der Waals surface area (Å²) in [7, 11) is 0. The van der Waals surface area contributed by atoms with E-state index >= 15 is 0 Å². The smallest absolute Gasteiger partial charge is 0.246 e. The highest BCUT2D eigenvalue weighted by molar-refractivity contribution is 5.95. The van der Waals surface area contributed by atoms with Gasteiger partial charge in [0.1, 0.15) is 12.1 Å². The van der Waals surface area contributed by atoms with Crippen molar-refractivity contribution in [2.75, 3.05) is 42.1 Å². The number of aryl methyl sites for hydroxylation is 1. The Morgan fingerprint density at radius 2 is 1.94 bits per heavy atom. The first-order valence-electron chi connectivity index (χ1n) is 10.4. The topological polar surface area (TPSA) is 111 Å². The quantitative estimate of drug-likeness (QED) is 0.362. The third kappa shape index (κ3) is 4.54. The first kappa shape index (κ1) is 22.7. The summed E-state index contributed by atoms with van der Waals surface area (Å²) in [5, 5.41) is 12.7. The number of anilines is 3. The van der Waals surface area contributed by atoms with Crippen LogP contribution in [0.15, 0.2) is 43.8 Å². The van der Waals surface area contributed by atoms with Crippen LogP contribution in [0.2, 0.25) is 0 Å². The minimum Gasteiger partial charge on any atom is -0.398 e. The molecule has 0 spiro atoms. The van der Waals surface area contributed by atoms with Crippen LogP contribution in [0.25, 0.3) is 11.8 Å². The number of amides is 1. The highest BCUT2D eigenvalue weighted by Gasteiger charge is 2.21. The molecule has 0 unspecified atom stereocenters. The van der Waals surface area contributed by atoms with Crippen molar-refractivity contribution in [3.63, 3.8) is 0 Å². The second-order valence-electron chi connectivity index (χ2n) is 7.53. The molecule has 4 N–H and O–H groups in total. The van der Waals surface area contributed by atoms with Crippen LogP contribution >= 0.6 is 0 Å². The standard InChI is InChI=1S/C24H29N7O/c1-5-7-18-23(17(4)29-22-16(3)8-9-20(26)19(22)14-25)27-15-28-24(18)31-12-10-30(11-13-31)21(32)6-2/h5-9,14-15,25,29H,1-2,10-13,26H2,3-4H3/b18-7+,23-17-,25-14?. The van der Waals surface area contributed by atoms with Crippen molar-refractivity contribution in [1.82, 2.24) is 14.9 Å². The molecule has 2 aromatic rings. The molecule has 2 heterocycles. The van der Waals surface area contributed by atoms with E-state index in [1.165, 1.54) is 12.3 Å². The van der Waals surface area contributed by atoms with E-state index < -0.39 is 0 Å². The van der Waals surface area contributed by atoms with Gasteiger partial charge in [-0.3, -0.25) is 4.79 Å². The minimum atomic E-state index is -0.0567. The second kappa shape index (κ2) is 9.91. The number of nitrogens with zero attached hydrogens (tertiary/aromatic N) is 4. The van der Waals surface area contributed by atoms with E-state index in [1.807, 2.05) is 26.0 Å². The van der Waals surface area contributed by atoms with Gasteiger partial charge < -0.3 is 26.3 Å². The van der Waals surface area contributed by atoms with E-state index in [-0.39, 0.29) is 5.91 Å². The molecule has 8 nitrogen and oxygen atoms in total. The molecule has 0 atom stereocenters. The van der Waals surface area contributed by atoms with Gasteiger partial charge in [0.15, 0.2) is 0 Å². The molecule has 0 aliphatic carbocycles. The van der Waals surface area contributed by atoms with E-state index in [4.69, 9.17) is 11.1 Å². The maximum Gasteiger partial charge on any atom is 0.246 e. The minimum absolute atomic E-state index is 0.0567. The van der Waals surface area contributed by atoms with Gasteiger partial charge in [-0.05, 0) is 37.6 Å². The SMILES string of the molecule is C=C/C=c1/c(N2CCN(C(=O)C=C)CC2)ncn/c1=C(/C)Nc1c(C)ccc(N)c1C=N. The summed E-state index contributed by atoms with van der Waals surface area (Å²) in [6.07, 6.45) is 7.75. The summed E-state index contributed by atoms with van der Waals surface area (Å²) in [5.41, 5.74) is 9.80. The Hall–Kier alpha value is -3.94. The second-order valence-corrected chi connectivity index (χ2v) is 7.53. The number of aromatic nitrogens is 2. The Balaban J connectivity index is 2.05. The van der Waals surface area contributed by atoms with Gasteiger partial charge in [0.05, 0.1) is 11.0 Å². The van der Waals surface area contributed by atoms with E-state index in [0.29, 0.717) is 37.4 Å². The van der Waals surface area contributed by atoms with Gasteiger partial charge in [-0.2, -0.15) is 0 Å². The zero-order valence-corrected chi connectivity index (χ0v) is 18.6. The molecule has 0 bridgehead atoms. The molecule has 166 valence electrons. The lowest BCUT2D eigenvalue weighted by molar-refractivity contribution is -0.126. The zero-order valence-electron chi connectivity index (χ0n) is 18.6. The largest absolute Gasteiger partial charge is 0.398 e. The number of nitrogen functional groups attached to an aromatic ring is 1. The Labute approximate surface area is 188 Å². The molecule has 8 heteroatoms. The van der Waals surface area contributed by atoms with E-state index in [2.05, 4.69) is 33.3 Å². The molecule has 1 saturated heterocycles. The molecule has 1 aromatic carbocycles. The molecular formula is C24H29N7O. The van der Waals surface area contributed by atoms with Crippen LogP contribution in [0, 0.1) is 12.3 Å². The summed E-state index contributed by atoms with van der Waals surface area (Å²) in [4.78, 5) is 24.9. The number of carbonyl (C=O) groups is 1. The monoisotopic (exact) mass is 431 g/mol. The van der Waals surface area contributed by atoms with Crippen LogP contribution in [-0.2, 0) is 4.79 Å². The van der Waals surface area contributed by atoms with Crippen molar-refractivity contribution in [3.8, 4) is 0 Å². The van der Waals surface area contributed by atoms with Crippen molar-refractivity contribution in [1.29, 1.82) is 5.41 Å². The molecule has 1 aromatic heterocycles. The number of hydrogen-bond donors (Lipinski definition) is 3. The number of allylic oxidation sites excluding steroid dienone is 1. The highest BCUT2D eigenvalue weighted by atomic mass is 16.2. The third-order valence-electron chi connectivity index (χ3n) is 5.51. The van der Waals surface area contributed by atoms with Crippen LogP contribution in [0.3, 0.4) is 0 Å². The number of carbonyl (C=O) groups excluding carboxylic acids is 1. The van der Waals surface area contributed by atoms with Crippen LogP contribution in [0.1, 0.15) is 18.1 Å². The predicted molar refractivity (Wildman–Crippen MR) is 131 cm³/mol. The van der Waals surface area contributed by atoms with Gasteiger partial charge in [0, 0.05) is 54.6 Å². The van der Waals surface area contributed by atoms with Crippen molar-refractivity contribution < 1.29 is 4.79 Å². The molecular weight excluding hydrogens is 402 g/mol. The van der Waals surface area contributed by atoms with Crippen molar-refractivity contribution in [2.45, 2.75) is 13.8 Å². The summed E-state index contributed by atoms with van der Waals surface area (Å²) < 4.78 is 0. The zero-order chi connectivity index (χ0) is 23.3. The average Bonchev–Trinajstić information content (AvgIpc) is 2.81.